The first-order valence-electron chi connectivity index (χ1n) is 6.80. The third-order valence-electron chi connectivity index (χ3n) is 3.30. The van der Waals surface area contributed by atoms with E-state index in [-0.39, 0.29) is 22.3 Å². The van der Waals surface area contributed by atoms with Crippen LogP contribution in [0.4, 0.5) is 0 Å². The minimum atomic E-state index is -0.938. The number of nitrogens with one attached hydrogen (secondary N) is 2. The van der Waals surface area contributed by atoms with E-state index in [9.17, 15) is 19.2 Å². The maximum atomic E-state index is 12.5. The van der Waals surface area contributed by atoms with Crippen molar-refractivity contribution in [3.8, 4) is 0 Å². The molecule has 2 aromatic carbocycles. The number of hydrogen-bond donors (Lipinski definition) is 4. The highest BCUT2D eigenvalue weighted by molar-refractivity contribution is 6.51. The van der Waals surface area contributed by atoms with E-state index in [0.29, 0.717) is 0 Å². The molecule has 122 valence electrons. The molecule has 0 aliphatic heterocycles. The molecule has 0 aromatic heterocycles. The molecule has 0 saturated heterocycles. The number of carbonyl (C=O) groups excluding carboxylic acids is 4. The Morgan fingerprint density at radius 2 is 0.875 bits per heavy atom. The van der Waals surface area contributed by atoms with E-state index in [1.54, 1.807) is 0 Å². The lowest BCUT2D eigenvalue weighted by molar-refractivity contribution is 0.0811. The standard InChI is InChI=1S/C16H14N4O4/c17-19-15(23)11-7-3-1-5-9(11)13(21)14(22)10-6-2-4-8-12(10)16(24)20-18/h1-8H,17-18H2,(H,19,23)(H,20,24). The summed E-state index contributed by atoms with van der Waals surface area (Å²) in [7, 11) is 0. The molecule has 0 atom stereocenters. The lowest BCUT2D eigenvalue weighted by atomic mass is 9.94. The lowest BCUT2D eigenvalue weighted by Crippen LogP contribution is -2.33. The first-order valence-corrected chi connectivity index (χ1v) is 6.80. The van der Waals surface area contributed by atoms with Crippen molar-refractivity contribution in [2.24, 2.45) is 11.7 Å². The summed E-state index contributed by atoms with van der Waals surface area (Å²) in [4.78, 5) is 48.5. The highest BCUT2D eigenvalue weighted by Crippen LogP contribution is 2.16. The van der Waals surface area contributed by atoms with E-state index < -0.39 is 23.4 Å². The Labute approximate surface area is 136 Å². The SMILES string of the molecule is NNC(=O)c1ccccc1C(=O)C(=O)c1ccccc1C(=O)NN. The number of hydrazine groups is 2. The van der Waals surface area contributed by atoms with Crippen LogP contribution in [0.2, 0.25) is 0 Å². The summed E-state index contributed by atoms with van der Waals surface area (Å²) in [6.07, 6.45) is 0. The number of benzene rings is 2. The van der Waals surface area contributed by atoms with Crippen molar-refractivity contribution >= 4 is 23.4 Å². The van der Waals surface area contributed by atoms with Gasteiger partial charge >= 0.3 is 0 Å². The van der Waals surface area contributed by atoms with Crippen molar-refractivity contribution in [3.05, 3.63) is 70.8 Å². The van der Waals surface area contributed by atoms with E-state index in [1.807, 2.05) is 10.9 Å². The van der Waals surface area contributed by atoms with Gasteiger partial charge in [-0.05, 0) is 12.1 Å². The van der Waals surface area contributed by atoms with E-state index in [2.05, 4.69) is 0 Å². The van der Waals surface area contributed by atoms with Gasteiger partial charge in [0.15, 0.2) is 0 Å². The molecule has 0 spiro atoms. The third-order valence-corrected chi connectivity index (χ3v) is 3.30. The normalized spacial score (nSPS) is 9.92. The molecule has 0 radical (unpaired) electrons. The molecule has 0 bridgehead atoms. The van der Waals surface area contributed by atoms with Crippen LogP contribution in [0, 0.1) is 0 Å². The summed E-state index contributed by atoms with van der Waals surface area (Å²) in [5, 5.41) is 0. The number of carbonyl (C=O) groups is 4. The summed E-state index contributed by atoms with van der Waals surface area (Å²) in [5.74, 6) is 6.87. The fourth-order valence-corrected chi connectivity index (χ4v) is 2.16. The van der Waals surface area contributed by atoms with Gasteiger partial charge in [0.1, 0.15) is 0 Å². The Kier molecular flexibility index (Phi) is 5.15. The molecule has 0 heterocycles. The predicted octanol–water partition coefficient (Wildman–Crippen LogP) is -0.0408. The fourth-order valence-electron chi connectivity index (χ4n) is 2.16. The van der Waals surface area contributed by atoms with Gasteiger partial charge in [-0.1, -0.05) is 36.4 Å². The second-order valence-electron chi connectivity index (χ2n) is 4.70. The summed E-state index contributed by atoms with van der Waals surface area (Å²) in [5.41, 5.74) is 3.50. The highest BCUT2D eigenvalue weighted by Gasteiger charge is 2.26. The number of nitrogens with two attached hydrogens (primary N) is 2. The Morgan fingerprint density at radius 1 is 0.583 bits per heavy atom. The number of hydrogen-bond acceptors (Lipinski definition) is 6. The van der Waals surface area contributed by atoms with E-state index in [4.69, 9.17) is 11.7 Å². The lowest BCUT2D eigenvalue weighted by Gasteiger charge is -2.09. The van der Waals surface area contributed by atoms with Crippen LogP contribution in [0.15, 0.2) is 48.5 Å². The smallest absolute Gasteiger partial charge is 0.265 e. The molecule has 0 aliphatic rings. The molecular formula is C16H14N4O4. The van der Waals surface area contributed by atoms with Gasteiger partial charge in [0, 0.05) is 11.1 Å². The van der Waals surface area contributed by atoms with Crippen LogP contribution in [-0.4, -0.2) is 23.4 Å². The topological polar surface area (TPSA) is 144 Å². The van der Waals surface area contributed by atoms with Gasteiger partial charge in [-0.2, -0.15) is 0 Å². The number of Topliss-reactive ketones (excluding diaryl/α,β-unsaturated/α-hetero) is 2. The Balaban J connectivity index is 2.48. The van der Waals surface area contributed by atoms with Gasteiger partial charge in [-0.25, -0.2) is 11.7 Å². The molecule has 2 rings (SSSR count). The van der Waals surface area contributed by atoms with Crippen molar-refractivity contribution in [1.82, 2.24) is 10.9 Å². The number of ketones is 2. The van der Waals surface area contributed by atoms with Crippen LogP contribution in [-0.2, 0) is 0 Å². The molecule has 24 heavy (non-hydrogen) atoms. The molecule has 2 aromatic rings. The maximum Gasteiger partial charge on any atom is 0.265 e. The molecule has 2 amide bonds. The second kappa shape index (κ2) is 7.27. The third kappa shape index (κ3) is 3.19. The van der Waals surface area contributed by atoms with E-state index in [0.717, 1.165) is 0 Å². The minimum absolute atomic E-state index is 0.0425. The predicted molar refractivity (Wildman–Crippen MR) is 84.9 cm³/mol. The Morgan fingerprint density at radius 3 is 1.17 bits per heavy atom. The van der Waals surface area contributed by atoms with Gasteiger partial charge in [-0.3, -0.25) is 30.0 Å². The summed E-state index contributed by atoms with van der Waals surface area (Å²) >= 11 is 0. The van der Waals surface area contributed by atoms with Crippen LogP contribution in [0.3, 0.4) is 0 Å². The molecule has 0 fully saturated rings. The van der Waals surface area contributed by atoms with Crippen LogP contribution in [0.25, 0.3) is 0 Å². The van der Waals surface area contributed by atoms with Crippen molar-refractivity contribution in [3.63, 3.8) is 0 Å². The minimum Gasteiger partial charge on any atom is -0.290 e. The van der Waals surface area contributed by atoms with E-state index >= 15 is 0 Å². The van der Waals surface area contributed by atoms with Crippen molar-refractivity contribution < 1.29 is 19.2 Å². The van der Waals surface area contributed by atoms with Gasteiger partial charge in [-0.15, -0.1) is 0 Å². The summed E-state index contributed by atoms with van der Waals surface area (Å²) < 4.78 is 0. The largest absolute Gasteiger partial charge is 0.290 e. The molecule has 0 unspecified atom stereocenters. The monoisotopic (exact) mass is 326 g/mol. The molecule has 8 nitrogen and oxygen atoms in total. The van der Waals surface area contributed by atoms with Crippen LogP contribution < -0.4 is 22.5 Å². The first kappa shape index (κ1) is 17.0. The Hall–Kier alpha value is -3.36. The zero-order chi connectivity index (χ0) is 17.7. The average Bonchev–Trinajstić information content (AvgIpc) is 2.65. The summed E-state index contributed by atoms with van der Waals surface area (Å²) in [6, 6.07) is 11.5. The van der Waals surface area contributed by atoms with Crippen molar-refractivity contribution in [1.29, 1.82) is 0 Å². The Bertz CT molecular complexity index is 763. The van der Waals surface area contributed by atoms with Gasteiger partial charge < -0.3 is 0 Å². The van der Waals surface area contributed by atoms with Crippen LogP contribution in [0.1, 0.15) is 41.4 Å². The molecular weight excluding hydrogens is 312 g/mol. The zero-order valence-corrected chi connectivity index (χ0v) is 12.4. The number of nitrogen functional groups attached to an aromatic ring is 2. The molecule has 0 aliphatic carbocycles. The molecule has 0 saturated carbocycles. The zero-order valence-electron chi connectivity index (χ0n) is 12.4. The van der Waals surface area contributed by atoms with E-state index in [1.165, 1.54) is 48.5 Å². The second-order valence-corrected chi connectivity index (χ2v) is 4.70. The summed E-state index contributed by atoms with van der Waals surface area (Å²) in [6.45, 7) is 0. The first-order chi connectivity index (χ1) is 11.5. The van der Waals surface area contributed by atoms with Gasteiger partial charge in [0.25, 0.3) is 11.8 Å². The number of rotatable bonds is 5. The molecule has 8 heteroatoms. The van der Waals surface area contributed by atoms with Crippen molar-refractivity contribution in [2.75, 3.05) is 0 Å². The van der Waals surface area contributed by atoms with Crippen LogP contribution in [0.5, 0.6) is 0 Å². The highest BCUT2D eigenvalue weighted by atomic mass is 16.2. The maximum absolute atomic E-state index is 12.5. The average molecular weight is 326 g/mol. The quantitative estimate of drug-likeness (QED) is 0.199. The fraction of sp³-hybridized carbons (Fsp3) is 0. The van der Waals surface area contributed by atoms with Crippen LogP contribution >= 0.6 is 0 Å². The van der Waals surface area contributed by atoms with Gasteiger partial charge in [0.2, 0.25) is 11.6 Å². The number of amides is 2. The molecule has 6 N–H and O–H groups in total. The van der Waals surface area contributed by atoms with Gasteiger partial charge in [0.05, 0.1) is 11.1 Å². The van der Waals surface area contributed by atoms with Crippen molar-refractivity contribution in [2.45, 2.75) is 0 Å².